The molecule has 2 rings (SSSR count). The number of aliphatic hydroxyl groups is 1. The highest BCUT2D eigenvalue weighted by molar-refractivity contribution is 6.32. The Labute approximate surface area is 136 Å². The summed E-state index contributed by atoms with van der Waals surface area (Å²) < 4.78 is 17.9. The topological polar surface area (TPSA) is 82.4 Å². The molecule has 0 unspecified atom stereocenters. The van der Waals surface area contributed by atoms with Crippen molar-refractivity contribution in [1.82, 2.24) is 0 Å². The SMILES string of the molecule is N#Cc1ccc(NC(=O)[C@@H](O)COc2ccc(F)cc2)cc1Cl. The van der Waals surface area contributed by atoms with E-state index in [0.717, 1.165) is 0 Å². The lowest BCUT2D eigenvalue weighted by atomic mass is 10.2. The Morgan fingerprint density at radius 2 is 2.04 bits per heavy atom. The lowest BCUT2D eigenvalue weighted by Crippen LogP contribution is -2.32. The largest absolute Gasteiger partial charge is 0.490 e. The molecule has 0 fully saturated rings. The van der Waals surface area contributed by atoms with Gasteiger partial charge in [0.25, 0.3) is 5.91 Å². The Balaban J connectivity index is 1.91. The number of nitrogens with zero attached hydrogens (tertiary/aromatic N) is 1. The maximum atomic E-state index is 12.7. The van der Waals surface area contributed by atoms with Gasteiger partial charge >= 0.3 is 0 Å². The number of hydrogen-bond acceptors (Lipinski definition) is 4. The summed E-state index contributed by atoms with van der Waals surface area (Å²) in [6, 6.07) is 11.5. The van der Waals surface area contributed by atoms with E-state index in [2.05, 4.69) is 5.32 Å². The van der Waals surface area contributed by atoms with Gasteiger partial charge in [-0.1, -0.05) is 11.6 Å². The Hall–Kier alpha value is -2.62. The molecule has 7 heteroatoms. The molecule has 0 heterocycles. The van der Waals surface area contributed by atoms with Crippen LogP contribution in [0.1, 0.15) is 5.56 Å². The van der Waals surface area contributed by atoms with Crippen LogP contribution in [0.3, 0.4) is 0 Å². The van der Waals surface area contributed by atoms with Gasteiger partial charge in [-0.2, -0.15) is 5.26 Å². The fourth-order valence-corrected chi connectivity index (χ4v) is 1.91. The fourth-order valence-electron chi connectivity index (χ4n) is 1.69. The summed E-state index contributed by atoms with van der Waals surface area (Å²) >= 11 is 5.85. The molecule has 1 atom stereocenters. The van der Waals surface area contributed by atoms with Crippen molar-refractivity contribution in [3.8, 4) is 11.8 Å². The predicted molar refractivity (Wildman–Crippen MR) is 82.7 cm³/mol. The average molecular weight is 335 g/mol. The molecule has 0 radical (unpaired) electrons. The van der Waals surface area contributed by atoms with E-state index in [1.54, 1.807) is 0 Å². The summed E-state index contributed by atoms with van der Waals surface area (Å²) in [6.45, 7) is -0.290. The third kappa shape index (κ3) is 4.68. The molecule has 5 nitrogen and oxygen atoms in total. The van der Waals surface area contributed by atoms with Crippen LogP contribution >= 0.6 is 11.6 Å². The second kappa shape index (κ2) is 7.58. The van der Waals surface area contributed by atoms with Gasteiger partial charge in [-0.3, -0.25) is 4.79 Å². The monoisotopic (exact) mass is 334 g/mol. The van der Waals surface area contributed by atoms with Crippen molar-refractivity contribution in [3.63, 3.8) is 0 Å². The molecule has 23 heavy (non-hydrogen) atoms. The van der Waals surface area contributed by atoms with Crippen LogP contribution in [0.5, 0.6) is 5.75 Å². The highest BCUT2D eigenvalue weighted by Gasteiger charge is 2.16. The summed E-state index contributed by atoms with van der Waals surface area (Å²) in [5, 5.41) is 21.2. The molecule has 2 aromatic carbocycles. The average Bonchev–Trinajstić information content (AvgIpc) is 2.54. The van der Waals surface area contributed by atoms with Gasteiger partial charge in [0.15, 0.2) is 6.10 Å². The first-order valence-electron chi connectivity index (χ1n) is 6.56. The number of benzene rings is 2. The molecule has 0 aliphatic heterocycles. The second-order valence-corrected chi connectivity index (χ2v) is 4.98. The van der Waals surface area contributed by atoms with Gasteiger partial charge in [-0.15, -0.1) is 0 Å². The second-order valence-electron chi connectivity index (χ2n) is 4.58. The van der Waals surface area contributed by atoms with Crippen LogP contribution in [0, 0.1) is 17.1 Å². The van der Waals surface area contributed by atoms with Crippen LogP contribution in [0.15, 0.2) is 42.5 Å². The van der Waals surface area contributed by atoms with Gasteiger partial charge in [0.2, 0.25) is 0 Å². The van der Waals surface area contributed by atoms with E-state index in [4.69, 9.17) is 21.6 Å². The minimum absolute atomic E-state index is 0.197. The molecule has 0 aliphatic rings. The molecular weight excluding hydrogens is 323 g/mol. The van der Waals surface area contributed by atoms with E-state index in [1.165, 1.54) is 42.5 Å². The molecule has 118 valence electrons. The van der Waals surface area contributed by atoms with Crippen molar-refractivity contribution in [1.29, 1.82) is 5.26 Å². The van der Waals surface area contributed by atoms with Gasteiger partial charge in [-0.05, 0) is 42.5 Å². The zero-order chi connectivity index (χ0) is 16.8. The minimum atomic E-state index is -1.42. The molecule has 0 saturated carbocycles. The zero-order valence-electron chi connectivity index (χ0n) is 11.8. The van der Waals surface area contributed by atoms with Crippen LogP contribution in [-0.2, 0) is 4.79 Å². The Morgan fingerprint density at radius 1 is 1.35 bits per heavy atom. The first-order valence-corrected chi connectivity index (χ1v) is 6.94. The first kappa shape index (κ1) is 16.7. The van der Waals surface area contributed by atoms with Gasteiger partial charge < -0.3 is 15.2 Å². The third-order valence-electron chi connectivity index (χ3n) is 2.88. The number of amides is 1. The third-order valence-corrected chi connectivity index (χ3v) is 3.19. The molecule has 0 aromatic heterocycles. The normalized spacial score (nSPS) is 11.4. The molecule has 1 amide bonds. The molecule has 2 N–H and O–H groups in total. The number of halogens is 2. The van der Waals surface area contributed by atoms with Crippen LogP contribution in [0.25, 0.3) is 0 Å². The number of carbonyl (C=O) groups excluding carboxylic acids is 1. The molecule has 0 bridgehead atoms. The van der Waals surface area contributed by atoms with E-state index in [0.29, 0.717) is 11.4 Å². The fraction of sp³-hybridized carbons (Fsp3) is 0.125. The zero-order valence-corrected chi connectivity index (χ0v) is 12.5. The Kier molecular flexibility index (Phi) is 5.52. The van der Waals surface area contributed by atoms with Crippen molar-refractivity contribution >= 4 is 23.2 Å². The number of hydrogen-bond donors (Lipinski definition) is 2. The van der Waals surface area contributed by atoms with E-state index >= 15 is 0 Å². The highest BCUT2D eigenvalue weighted by Crippen LogP contribution is 2.20. The van der Waals surface area contributed by atoms with Crippen molar-refractivity contribution in [2.24, 2.45) is 0 Å². The summed E-state index contributed by atoms with van der Waals surface area (Å²) in [7, 11) is 0. The molecule has 0 aliphatic carbocycles. The summed E-state index contributed by atoms with van der Waals surface area (Å²) in [4.78, 5) is 11.8. The molecule has 0 spiro atoms. The predicted octanol–water partition coefficient (Wildman–Crippen LogP) is 2.73. The van der Waals surface area contributed by atoms with E-state index in [1.807, 2.05) is 6.07 Å². The number of aliphatic hydroxyl groups excluding tert-OH is 1. The minimum Gasteiger partial charge on any atom is -0.490 e. The first-order chi connectivity index (χ1) is 11.0. The maximum absolute atomic E-state index is 12.7. The van der Waals surface area contributed by atoms with Crippen molar-refractivity contribution in [3.05, 3.63) is 58.9 Å². The standard InChI is InChI=1S/C16H12ClFN2O3/c17-14-7-12(4-1-10(14)8-19)20-16(22)15(21)9-23-13-5-2-11(18)3-6-13/h1-7,15,21H,9H2,(H,20,22)/t15-/m0/s1. The van der Waals surface area contributed by atoms with Crippen molar-refractivity contribution < 1.29 is 19.0 Å². The molecular formula is C16H12ClFN2O3. The summed E-state index contributed by atoms with van der Waals surface area (Å²) in [5.41, 5.74) is 0.629. The summed E-state index contributed by atoms with van der Waals surface area (Å²) in [6.07, 6.45) is -1.42. The number of ether oxygens (including phenoxy) is 1. The number of rotatable bonds is 5. The van der Waals surface area contributed by atoms with Crippen LogP contribution in [0.2, 0.25) is 5.02 Å². The van der Waals surface area contributed by atoms with Gasteiger partial charge in [0.1, 0.15) is 24.2 Å². The number of carbonyl (C=O) groups is 1. The van der Waals surface area contributed by atoms with Crippen molar-refractivity contribution in [2.45, 2.75) is 6.10 Å². The van der Waals surface area contributed by atoms with Gasteiger partial charge in [0.05, 0.1) is 10.6 Å². The van der Waals surface area contributed by atoms with Crippen LogP contribution in [-0.4, -0.2) is 23.7 Å². The number of nitriles is 1. The summed E-state index contributed by atoms with van der Waals surface area (Å²) in [5.74, 6) is -0.763. The van der Waals surface area contributed by atoms with E-state index < -0.39 is 17.8 Å². The Morgan fingerprint density at radius 3 is 2.65 bits per heavy atom. The lowest BCUT2D eigenvalue weighted by molar-refractivity contribution is -0.125. The van der Waals surface area contributed by atoms with E-state index in [9.17, 15) is 14.3 Å². The molecule has 0 saturated heterocycles. The van der Waals surface area contributed by atoms with Gasteiger partial charge in [-0.25, -0.2) is 4.39 Å². The van der Waals surface area contributed by atoms with Crippen LogP contribution < -0.4 is 10.1 Å². The molecule has 2 aromatic rings. The van der Waals surface area contributed by atoms with Crippen molar-refractivity contribution in [2.75, 3.05) is 11.9 Å². The maximum Gasteiger partial charge on any atom is 0.256 e. The smallest absolute Gasteiger partial charge is 0.256 e. The Bertz CT molecular complexity index is 744. The quantitative estimate of drug-likeness (QED) is 0.880. The number of anilines is 1. The lowest BCUT2D eigenvalue weighted by Gasteiger charge is -2.13. The highest BCUT2D eigenvalue weighted by atomic mass is 35.5. The van der Waals surface area contributed by atoms with Gasteiger partial charge in [0, 0.05) is 5.69 Å². The van der Waals surface area contributed by atoms with E-state index in [-0.39, 0.29) is 17.2 Å². The number of nitrogens with one attached hydrogen (secondary N) is 1. The van der Waals surface area contributed by atoms with Crippen LogP contribution in [0.4, 0.5) is 10.1 Å².